The van der Waals surface area contributed by atoms with Gasteiger partial charge < -0.3 is 10.9 Å². The van der Waals surface area contributed by atoms with Crippen LogP contribution in [0.2, 0.25) is 0 Å². The zero-order chi connectivity index (χ0) is 14.9. The Morgan fingerprint density at radius 3 is 2.60 bits per heavy atom. The van der Waals surface area contributed by atoms with E-state index in [9.17, 15) is 13.2 Å². The van der Waals surface area contributed by atoms with Crippen molar-refractivity contribution in [2.45, 2.75) is 6.18 Å². The fourth-order valence-corrected chi connectivity index (χ4v) is 1.74. The molecule has 0 aliphatic heterocycles. The summed E-state index contributed by atoms with van der Waals surface area (Å²) < 4.78 is 39.7. The van der Waals surface area contributed by atoms with Gasteiger partial charge in [-0.3, -0.25) is 0 Å². The average Bonchev–Trinajstić information content (AvgIpc) is 2.82. The average molecular weight is 350 g/mol. The van der Waals surface area contributed by atoms with Gasteiger partial charge in [0.05, 0.1) is 16.2 Å². The predicted molar refractivity (Wildman–Crippen MR) is 66.6 cm³/mol. The van der Waals surface area contributed by atoms with Crippen molar-refractivity contribution in [2.75, 3.05) is 0 Å². The highest BCUT2D eigenvalue weighted by atomic mass is 79.9. The van der Waals surface area contributed by atoms with Crippen LogP contribution in [0.1, 0.15) is 11.3 Å². The molecular weight excluding hydrogens is 343 g/mol. The van der Waals surface area contributed by atoms with E-state index in [1.807, 2.05) is 0 Å². The van der Waals surface area contributed by atoms with Gasteiger partial charge in [-0.15, -0.1) is 0 Å². The van der Waals surface area contributed by atoms with Gasteiger partial charge in [-0.1, -0.05) is 5.16 Å². The molecule has 20 heavy (non-hydrogen) atoms. The molecule has 3 N–H and O–H groups in total. The molecule has 0 atom stereocenters. The Morgan fingerprint density at radius 1 is 1.40 bits per heavy atom. The first kappa shape index (κ1) is 14.3. The Balaban J connectivity index is 2.66. The minimum absolute atomic E-state index is 0.0242. The molecule has 0 saturated heterocycles. The summed E-state index contributed by atoms with van der Waals surface area (Å²) in [4.78, 5) is 3.48. The van der Waals surface area contributed by atoms with Crippen LogP contribution < -0.4 is 5.73 Å². The maximum absolute atomic E-state index is 12.7. The Morgan fingerprint density at radius 2 is 2.10 bits per heavy atom. The molecule has 6 nitrogen and oxygen atoms in total. The number of amidine groups is 1. The second-order valence-corrected chi connectivity index (χ2v) is 4.57. The van der Waals surface area contributed by atoms with Gasteiger partial charge >= 0.3 is 6.18 Å². The number of halogens is 4. The van der Waals surface area contributed by atoms with Gasteiger partial charge in [0.25, 0.3) is 0 Å². The SMILES string of the molecule is NC(=NO)c1ccc(C(F)(F)F)nc1-n1cc(Br)cn1. The van der Waals surface area contributed by atoms with E-state index >= 15 is 0 Å². The van der Waals surface area contributed by atoms with Crippen LogP contribution in [0.25, 0.3) is 5.82 Å². The number of hydrogen-bond acceptors (Lipinski definition) is 4. The molecule has 2 aromatic heterocycles. The molecule has 2 aromatic rings. The monoisotopic (exact) mass is 349 g/mol. The van der Waals surface area contributed by atoms with Crippen molar-refractivity contribution >= 4 is 21.8 Å². The van der Waals surface area contributed by atoms with E-state index in [4.69, 9.17) is 10.9 Å². The van der Waals surface area contributed by atoms with Crippen LogP contribution in [0.3, 0.4) is 0 Å². The first-order chi connectivity index (χ1) is 9.32. The largest absolute Gasteiger partial charge is 0.433 e. The summed E-state index contributed by atoms with van der Waals surface area (Å²) in [5.41, 5.74) is 4.35. The van der Waals surface area contributed by atoms with E-state index in [0.717, 1.165) is 16.8 Å². The minimum atomic E-state index is -4.61. The quantitative estimate of drug-likeness (QED) is 0.376. The first-order valence-electron chi connectivity index (χ1n) is 5.09. The van der Waals surface area contributed by atoms with Gasteiger partial charge in [-0.25, -0.2) is 9.67 Å². The lowest BCUT2D eigenvalue weighted by Crippen LogP contribution is -2.20. The number of aromatic nitrogens is 3. The lowest BCUT2D eigenvalue weighted by Gasteiger charge is -2.11. The zero-order valence-corrected chi connectivity index (χ0v) is 11.2. The number of rotatable bonds is 2. The van der Waals surface area contributed by atoms with E-state index < -0.39 is 11.9 Å². The van der Waals surface area contributed by atoms with Gasteiger partial charge in [0.15, 0.2) is 11.7 Å². The normalized spacial score (nSPS) is 12.7. The number of nitrogens with zero attached hydrogens (tertiary/aromatic N) is 4. The topological polar surface area (TPSA) is 89.3 Å². The maximum atomic E-state index is 12.7. The fraction of sp³-hybridized carbons (Fsp3) is 0.100. The number of nitrogens with two attached hydrogens (primary N) is 1. The Hall–Kier alpha value is -2.10. The summed E-state index contributed by atoms with van der Waals surface area (Å²) in [5, 5.41) is 15.3. The third-order valence-electron chi connectivity index (χ3n) is 2.32. The molecule has 0 radical (unpaired) electrons. The molecule has 0 bridgehead atoms. The molecule has 0 aliphatic rings. The number of oxime groups is 1. The summed E-state index contributed by atoms with van der Waals surface area (Å²) in [6, 6.07) is 1.81. The molecule has 0 aromatic carbocycles. The van der Waals surface area contributed by atoms with Crippen LogP contribution in [0.15, 0.2) is 34.2 Å². The van der Waals surface area contributed by atoms with Crippen molar-refractivity contribution < 1.29 is 18.4 Å². The van der Waals surface area contributed by atoms with Crippen LogP contribution in [-0.4, -0.2) is 25.8 Å². The predicted octanol–water partition coefficient (Wildman–Crippen LogP) is 2.14. The lowest BCUT2D eigenvalue weighted by atomic mass is 10.2. The molecule has 10 heteroatoms. The fourth-order valence-electron chi connectivity index (χ4n) is 1.45. The standard InChI is InChI=1S/C10H7BrF3N5O/c11-5-3-16-19(4-5)9-6(8(15)18-20)1-2-7(17-9)10(12,13)14/h1-4,20H,(H2,15,18). The summed E-state index contributed by atoms with van der Waals surface area (Å²) in [5.74, 6) is -0.561. The molecule has 2 rings (SSSR count). The highest BCUT2D eigenvalue weighted by Crippen LogP contribution is 2.29. The summed E-state index contributed by atoms with van der Waals surface area (Å²) >= 11 is 3.12. The number of alkyl halides is 3. The number of hydrogen-bond donors (Lipinski definition) is 2. The van der Waals surface area contributed by atoms with Crippen molar-refractivity contribution in [1.29, 1.82) is 0 Å². The van der Waals surface area contributed by atoms with E-state index in [1.165, 1.54) is 12.4 Å². The second kappa shape index (κ2) is 5.12. The highest BCUT2D eigenvalue weighted by molar-refractivity contribution is 9.10. The van der Waals surface area contributed by atoms with Gasteiger partial charge in [-0.05, 0) is 28.1 Å². The van der Waals surface area contributed by atoms with Crippen molar-refractivity contribution in [3.63, 3.8) is 0 Å². The van der Waals surface area contributed by atoms with E-state index in [0.29, 0.717) is 4.47 Å². The Bertz CT molecular complexity index is 667. The molecular formula is C10H7BrF3N5O. The second-order valence-electron chi connectivity index (χ2n) is 3.65. The summed E-state index contributed by atoms with van der Waals surface area (Å²) in [7, 11) is 0. The molecule has 0 aliphatic carbocycles. The van der Waals surface area contributed by atoms with E-state index in [2.05, 4.69) is 31.2 Å². The van der Waals surface area contributed by atoms with Crippen LogP contribution in [0.4, 0.5) is 13.2 Å². The molecule has 0 fully saturated rings. The third kappa shape index (κ3) is 2.74. The molecule has 0 amide bonds. The maximum Gasteiger partial charge on any atom is 0.433 e. The van der Waals surface area contributed by atoms with Crippen molar-refractivity contribution in [2.24, 2.45) is 10.9 Å². The van der Waals surface area contributed by atoms with Crippen molar-refractivity contribution in [3.05, 3.63) is 40.3 Å². The zero-order valence-electron chi connectivity index (χ0n) is 9.63. The van der Waals surface area contributed by atoms with E-state index in [1.54, 1.807) is 0 Å². The smallest absolute Gasteiger partial charge is 0.409 e. The molecule has 0 unspecified atom stereocenters. The van der Waals surface area contributed by atoms with Crippen molar-refractivity contribution in [3.8, 4) is 5.82 Å². The molecule has 106 valence electrons. The van der Waals surface area contributed by atoms with Gasteiger partial charge in [0.1, 0.15) is 5.69 Å². The van der Waals surface area contributed by atoms with E-state index in [-0.39, 0.29) is 17.2 Å². The molecule has 2 heterocycles. The number of pyridine rings is 1. The van der Waals surface area contributed by atoms with Gasteiger partial charge in [-0.2, -0.15) is 18.3 Å². The third-order valence-corrected chi connectivity index (χ3v) is 2.73. The molecule has 0 spiro atoms. The lowest BCUT2D eigenvalue weighted by molar-refractivity contribution is -0.141. The highest BCUT2D eigenvalue weighted by Gasteiger charge is 2.33. The van der Waals surface area contributed by atoms with Gasteiger partial charge in [0.2, 0.25) is 0 Å². The Labute approximate surface area is 118 Å². The van der Waals surface area contributed by atoms with Crippen LogP contribution in [0, 0.1) is 0 Å². The van der Waals surface area contributed by atoms with Crippen molar-refractivity contribution in [1.82, 2.24) is 14.8 Å². The van der Waals surface area contributed by atoms with Crippen LogP contribution >= 0.6 is 15.9 Å². The summed E-state index contributed by atoms with van der Waals surface area (Å²) in [6.07, 6.45) is -1.84. The van der Waals surface area contributed by atoms with Crippen LogP contribution in [-0.2, 0) is 6.18 Å². The minimum Gasteiger partial charge on any atom is -0.409 e. The molecule has 0 saturated carbocycles. The van der Waals surface area contributed by atoms with Crippen LogP contribution in [0.5, 0.6) is 0 Å². The Kier molecular flexibility index (Phi) is 3.66. The first-order valence-corrected chi connectivity index (χ1v) is 5.89. The summed E-state index contributed by atoms with van der Waals surface area (Å²) in [6.45, 7) is 0. The van der Waals surface area contributed by atoms with Gasteiger partial charge in [0, 0.05) is 6.20 Å².